The number of epoxide rings is 1. The van der Waals surface area contributed by atoms with Gasteiger partial charge in [0.25, 0.3) is 0 Å². The molecule has 0 amide bonds. The predicted octanol–water partition coefficient (Wildman–Crippen LogP) is 6.56. The fourth-order valence-corrected chi connectivity index (χ4v) is 6.19. The van der Waals surface area contributed by atoms with Crippen molar-refractivity contribution in [3.8, 4) is 0 Å². The first-order chi connectivity index (χ1) is 21.0. The molecule has 3 aromatic rings. The van der Waals surface area contributed by atoms with Gasteiger partial charge in [-0.15, -0.1) is 0 Å². The van der Waals surface area contributed by atoms with E-state index >= 15 is 0 Å². The third kappa shape index (κ3) is 5.16. The first-order valence-electron chi connectivity index (χ1n) is 14.5. The Hall–Kier alpha value is -4.80. The minimum atomic E-state index is -0.909. The van der Waals surface area contributed by atoms with Crippen molar-refractivity contribution in [2.24, 2.45) is 0 Å². The smallest absolute Gasteiger partial charge is 0.303 e. The van der Waals surface area contributed by atoms with Gasteiger partial charge in [0.2, 0.25) is 0 Å². The van der Waals surface area contributed by atoms with Crippen molar-refractivity contribution >= 4 is 62.4 Å². The Bertz CT molecular complexity index is 1990. The predicted molar refractivity (Wildman–Crippen MR) is 169 cm³/mol. The maximum Gasteiger partial charge on any atom is 0.303 e. The summed E-state index contributed by atoms with van der Waals surface area (Å²) in [5, 5.41) is 29.1. The number of aromatic nitrogens is 4. The molecule has 0 aromatic carbocycles. The lowest BCUT2D eigenvalue weighted by Crippen LogP contribution is -1.97. The first kappa shape index (κ1) is 29.3. The molecule has 1 unspecified atom stereocenters. The molecule has 0 radical (unpaired) electrons. The van der Waals surface area contributed by atoms with Gasteiger partial charge in [0.05, 0.1) is 22.8 Å². The number of carboxylic acid groups (broad SMARTS) is 2. The van der Waals surface area contributed by atoms with Gasteiger partial charge in [-0.3, -0.25) is 9.59 Å². The number of H-pyrrole nitrogens is 2. The zero-order valence-corrected chi connectivity index (χ0v) is 25.0. The van der Waals surface area contributed by atoms with E-state index in [1.54, 1.807) is 6.08 Å². The summed E-state index contributed by atoms with van der Waals surface area (Å²) in [6, 6.07) is 7.72. The maximum absolute atomic E-state index is 11.6. The monoisotopic (exact) mass is 594 g/mol. The molecule has 2 atom stereocenters. The van der Waals surface area contributed by atoms with Gasteiger partial charge < -0.3 is 30.0 Å². The van der Waals surface area contributed by atoms with E-state index in [1.165, 1.54) is 0 Å². The van der Waals surface area contributed by atoms with Gasteiger partial charge in [-0.25, -0.2) is 9.97 Å². The number of aryl methyl sites for hydroxylation is 2. The summed E-state index contributed by atoms with van der Waals surface area (Å²) in [6.45, 7) is 11.9. The summed E-state index contributed by atoms with van der Waals surface area (Å²) in [5.41, 5.74) is 12.8. The van der Waals surface area contributed by atoms with Crippen LogP contribution in [0.15, 0.2) is 30.8 Å². The van der Waals surface area contributed by atoms with E-state index < -0.39 is 24.3 Å². The average molecular weight is 595 g/mol. The molecule has 226 valence electrons. The summed E-state index contributed by atoms with van der Waals surface area (Å²) in [7, 11) is 0. The molecule has 1 saturated heterocycles. The van der Waals surface area contributed by atoms with Gasteiger partial charge in [-0.2, -0.15) is 0 Å². The highest BCUT2D eigenvalue weighted by atomic mass is 16.7. The zero-order valence-electron chi connectivity index (χ0n) is 25.0. The molecule has 44 heavy (non-hydrogen) atoms. The normalized spacial score (nSPS) is 17.8. The van der Waals surface area contributed by atoms with Crippen LogP contribution in [0.4, 0.5) is 0 Å². The van der Waals surface area contributed by atoms with Gasteiger partial charge in [0.15, 0.2) is 6.29 Å². The van der Waals surface area contributed by atoms with Crippen LogP contribution in [0.2, 0.25) is 0 Å². The molecule has 8 bridgehead atoms. The largest absolute Gasteiger partial charge is 0.481 e. The van der Waals surface area contributed by atoms with Crippen molar-refractivity contribution in [2.45, 2.75) is 65.8 Å². The van der Waals surface area contributed by atoms with Crippen LogP contribution >= 0.6 is 0 Å². The quantitative estimate of drug-likeness (QED) is 0.183. The Balaban J connectivity index is 1.73. The van der Waals surface area contributed by atoms with E-state index in [9.17, 15) is 24.9 Å². The van der Waals surface area contributed by atoms with Crippen LogP contribution < -0.4 is 0 Å². The summed E-state index contributed by atoms with van der Waals surface area (Å²) < 4.78 is 5.49. The lowest BCUT2D eigenvalue weighted by atomic mass is 9.98. The molecular weight excluding hydrogens is 560 g/mol. The number of ether oxygens (including phenoxy) is 1. The molecule has 0 saturated carbocycles. The van der Waals surface area contributed by atoms with Gasteiger partial charge in [-0.1, -0.05) is 12.7 Å². The number of aliphatic hydroxyl groups excluding tert-OH is 1. The van der Waals surface area contributed by atoms with Crippen molar-refractivity contribution in [2.75, 3.05) is 0 Å². The lowest BCUT2D eigenvalue weighted by Gasteiger charge is -2.05. The van der Waals surface area contributed by atoms with Crippen LogP contribution in [0.25, 0.3) is 50.4 Å². The number of aromatic amines is 2. The Morgan fingerprint density at radius 1 is 0.795 bits per heavy atom. The molecule has 10 nitrogen and oxygen atoms in total. The molecule has 0 spiro atoms. The van der Waals surface area contributed by atoms with E-state index in [2.05, 4.69) is 16.5 Å². The summed E-state index contributed by atoms with van der Waals surface area (Å²) >= 11 is 0. The van der Waals surface area contributed by atoms with Crippen LogP contribution in [0.5, 0.6) is 0 Å². The number of allylic oxidation sites excluding steroid dienone is 4. The van der Waals surface area contributed by atoms with Crippen LogP contribution in [0, 0.1) is 13.8 Å². The van der Waals surface area contributed by atoms with Crippen LogP contribution in [-0.2, 0) is 14.3 Å². The van der Waals surface area contributed by atoms with Gasteiger partial charge in [-0.05, 0) is 98.2 Å². The van der Waals surface area contributed by atoms with Crippen molar-refractivity contribution in [3.63, 3.8) is 0 Å². The topological polar surface area (TPSA) is 165 Å². The SMILES string of the molecule is C=Cc1c(C)c2cc3[nH]c(cc4nc(cc5nc(cc1[nH]2)C(C)=C5CCC(=O)O)C(CCC(=O)O)=C4C)c(C)c3C1O[C@@H]1O. The van der Waals surface area contributed by atoms with Crippen LogP contribution in [0.1, 0.15) is 90.7 Å². The Morgan fingerprint density at radius 2 is 1.30 bits per heavy atom. The molecule has 6 heterocycles. The molecule has 3 aliphatic heterocycles. The summed E-state index contributed by atoms with van der Waals surface area (Å²) in [4.78, 5) is 40.0. The standard InChI is InChI=1S/C34H34N4O6/c1-6-19-15(2)24-13-29-32(33-34(43)44-33)18(5)25(38-29)11-22-16(3)20(7-9-30(39)40)27(36-22)14-28-21(8-10-31(41)42)17(4)23(37-28)12-26(19)35-24/h6,11-14,33-35,38,43H,1,7-10H2,2-5H3,(H,39,40)(H,41,42)/t33?,34-/m0/s1. The number of nitrogens with zero attached hydrogens (tertiary/aromatic N) is 2. The van der Waals surface area contributed by atoms with Crippen LogP contribution in [0.3, 0.4) is 0 Å². The molecule has 5 N–H and O–H groups in total. The second kappa shape index (κ2) is 11.0. The van der Waals surface area contributed by atoms with Gasteiger partial charge >= 0.3 is 11.9 Å². The number of fused-ring (bicyclic) bond motifs is 8. The zero-order chi connectivity index (χ0) is 31.4. The van der Waals surface area contributed by atoms with Crippen LogP contribution in [-0.4, -0.2) is 53.5 Å². The number of hydrogen-bond acceptors (Lipinski definition) is 6. The van der Waals surface area contributed by atoms with E-state index in [1.807, 2.05) is 52.0 Å². The minimum absolute atomic E-state index is 0.0558. The molecular formula is C34H34N4O6. The highest BCUT2D eigenvalue weighted by molar-refractivity contribution is 5.96. The van der Waals surface area contributed by atoms with Gasteiger partial charge in [0, 0.05) is 46.0 Å². The number of aliphatic hydroxyl groups is 1. The van der Waals surface area contributed by atoms with E-state index in [-0.39, 0.29) is 25.7 Å². The molecule has 6 rings (SSSR count). The second-order valence-corrected chi connectivity index (χ2v) is 11.5. The van der Waals surface area contributed by atoms with Crippen molar-refractivity contribution in [3.05, 3.63) is 75.9 Å². The van der Waals surface area contributed by atoms with Gasteiger partial charge in [0.1, 0.15) is 6.10 Å². The number of carboxylic acids is 2. The number of hydrogen-bond donors (Lipinski definition) is 5. The summed E-state index contributed by atoms with van der Waals surface area (Å²) in [5.74, 6) is -1.81. The van der Waals surface area contributed by atoms with Crippen molar-refractivity contribution < 1.29 is 29.6 Å². The Morgan fingerprint density at radius 3 is 1.80 bits per heavy atom. The highest BCUT2D eigenvalue weighted by Crippen LogP contribution is 2.43. The fraction of sp³-hybridized carbons (Fsp3) is 0.294. The van der Waals surface area contributed by atoms with Crippen molar-refractivity contribution in [1.29, 1.82) is 0 Å². The fourth-order valence-electron chi connectivity index (χ4n) is 6.19. The Labute approximate surface area is 253 Å². The molecule has 3 aromatic heterocycles. The Kier molecular flexibility index (Phi) is 7.35. The minimum Gasteiger partial charge on any atom is -0.481 e. The third-order valence-electron chi connectivity index (χ3n) is 8.77. The number of aliphatic carboxylic acids is 2. The van der Waals surface area contributed by atoms with E-state index in [4.69, 9.17) is 14.7 Å². The molecule has 3 aliphatic rings. The maximum atomic E-state index is 11.6. The number of carbonyl (C=O) groups is 2. The molecule has 10 heteroatoms. The molecule has 1 fully saturated rings. The summed E-state index contributed by atoms with van der Waals surface area (Å²) in [6.07, 6.45) is 0.903. The van der Waals surface area contributed by atoms with E-state index in [0.29, 0.717) is 22.8 Å². The molecule has 0 aliphatic carbocycles. The first-order valence-corrected chi connectivity index (χ1v) is 14.5. The average Bonchev–Trinajstić information content (AvgIpc) is 3.17. The second-order valence-electron chi connectivity index (χ2n) is 11.5. The van der Waals surface area contributed by atoms with E-state index in [0.717, 1.165) is 66.6 Å². The number of nitrogens with one attached hydrogen (secondary N) is 2. The number of rotatable bonds is 8. The highest BCUT2D eigenvalue weighted by Gasteiger charge is 2.41. The van der Waals surface area contributed by atoms with Crippen molar-refractivity contribution in [1.82, 2.24) is 19.9 Å². The lowest BCUT2D eigenvalue weighted by molar-refractivity contribution is -0.137. The third-order valence-corrected chi connectivity index (χ3v) is 8.77.